The maximum Gasteiger partial charge on any atom is 0.0973 e. The standard InChI is InChI=1S/C54H34N4/c1-4-15-35(16-5-1)42-23-14-26-47-51(42)43-33-44-49(57(39-20-8-3-9-21-39)48-32-29-36-17-10-11-22-41(36)52(44)48)34-50(43)58(47)40-30-27-38(28-31-40)54-53(37-18-6-2-7-19-37)55-45-24-12-13-25-46(45)56-54/h1-34H. The number of fused-ring (bicyclic) bond motifs is 9. The first-order valence-electron chi connectivity index (χ1n) is 19.8. The molecule has 9 aromatic carbocycles. The van der Waals surface area contributed by atoms with Crippen molar-refractivity contribution < 1.29 is 0 Å². The van der Waals surface area contributed by atoms with E-state index in [1.54, 1.807) is 0 Å². The van der Waals surface area contributed by atoms with Crippen molar-refractivity contribution >= 4 is 65.4 Å². The van der Waals surface area contributed by atoms with Crippen molar-refractivity contribution in [3.8, 4) is 45.0 Å². The predicted octanol–water partition coefficient (Wildman–Crippen LogP) is 14.0. The third kappa shape index (κ3) is 4.95. The summed E-state index contributed by atoms with van der Waals surface area (Å²) in [6.07, 6.45) is 0. The van der Waals surface area contributed by atoms with Gasteiger partial charge in [0.15, 0.2) is 0 Å². The van der Waals surface area contributed by atoms with Gasteiger partial charge in [-0.25, -0.2) is 9.97 Å². The fraction of sp³-hybridized carbons (Fsp3) is 0. The fourth-order valence-corrected chi connectivity index (χ4v) is 9.10. The Bertz CT molecular complexity index is 3530. The number of aromatic nitrogens is 4. The summed E-state index contributed by atoms with van der Waals surface area (Å²) in [7, 11) is 0. The van der Waals surface area contributed by atoms with Gasteiger partial charge in [-0.2, -0.15) is 0 Å². The van der Waals surface area contributed by atoms with Gasteiger partial charge >= 0.3 is 0 Å². The van der Waals surface area contributed by atoms with Crippen LogP contribution in [0.4, 0.5) is 0 Å². The molecule has 4 nitrogen and oxygen atoms in total. The molecule has 0 unspecified atom stereocenters. The van der Waals surface area contributed by atoms with Crippen LogP contribution in [0.2, 0.25) is 0 Å². The number of benzene rings is 9. The third-order valence-electron chi connectivity index (χ3n) is 11.7. The Morgan fingerprint density at radius 3 is 1.53 bits per heavy atom. The van der Waals surface area contributed by atoms with E-state index in [0.717, 1.165) is 56.0 Å². The Morgan fingerprint density at radius 1 is 0.310 bits per heavy atom. The molecular formula is C54H34N4. The van der Waals surface area contributed by atoms with Gasteiger partial charge in [0.1, 0.15) is 0 Å². The van der Waals surface area contributed by atoms with Gasteiger partial charge < -0.3 is 9.13 Å². The molecule has 58 heavy (non-hydrogen) atoms. The van der Waals surface area contributed by atoms with Crippen LogP contribution in [0.5, 0.6) is 0 Å². The third-order valence-corrected chi connectivity index (χ3v) is 11.7. The average Bonchev–Trinajstić information content (AvgIpc) is 3.81. The second-order valence-corrected chi connectivity index (χ2v) is 15.0. The number of para-hydroxylation sites is 3. The van der Waals surface area contributed by atoms with Crippen LogP contribution in [0, 0.1) is 0 Å². The van der Waals surface area contributed by atoms with Gasteiger partial charge in [-0.15, -0.1) is 0 Å². The Hall–Kier alpha value is -7.82. The highest BCUT2D eigenvalue weighted by atomic mass is 15.0. The van der Waals surface area contributed by atoms with Crippen molar-refractivity contribution in [1.29, 1.82) is 0 Å². The van der Waals surface area contributed by atoms with Crippen LogP contribution in [-0.4, -0.2) is 19.1 Å². The van der Waals surface area contributed by atoms with Crippen LogP contribution in [0.1, 0.15) is 0 Å². The number of hydrogen-bond donors (Lipinski definition) is 0. The smallest absolute Gasteiger partial charge is 0.0973 e. The average molecular weight is 739 g/mol. The van der Waals surface area contributed by atoms with Crippen molar-refractivity contribution in [3.63, 3.8) is 0 Å². The second-order valence-electron chi connectivity index (χ2n) is 15.0. The SMILES string of the molecule is c1ccc(-c2nc3ccccc3nc2-c2ccc(-n3c4cc5c(cc4c4c(-c6ccccc6)cccc43)c3c4ccccc4ccc3n5-c3ccccc3)cc2)cc1. The minimum absolute atomic E-state index is 0.867. The van der Waals surface area contributed by atoms with E-state index in [1.165, 1.54) is 54.5 Å². The molecule has 0 aliphatic heterocycles. The maximum absolute atomic E-state index is 5.20. The zero-order valence-corrected chi connectivity index (χ0v) is 31.4. The van der Waals surface area contributed by atoms with Crippen LogP contribution in [0.15, 0.2) is 206 Å². The zero-order valence-electron chi connectivity index (χ0n) is 31.4. The molecule has 0 spiro atoms. The van der Waals surface area contributed by atoms with Gasteiger partial charge in [0.2, 0.25) is 0 Å². The lowest BCUT2D eigenvalue weighted by Crippen LogP contribution is -1.97. The van der Waals surface area contributed by atoms with Gasteiger partial charge in [0, 0.05) is 44.0 Å². The molecule has 0 saturated carbocycles. The van der Waals surface area contributed by atoms with Gasteiger partial charge in [-0.3, -0.25) is 0 Å². The summed E-state index contributed by atoms with van der Waals surface area (Å²) in [6, 6.07) is 73.8. The highest BCUT2D eigenvalue weighted by Gasteiger charge is 2.22. The summed E-state index contributed by atoms with van der Waals surface area (Å²) in [6.45, 7) is 0. The summed E-state index contributed by atoms with van der Waals surface area (Å²) in [5, 5.41) is 7.46. The molecule has 3 heterocycles. The van der Waals surface area contributed by atoms with E-state index in [4.69, 9.17) is 9.97 Å². The van der Waals surface area contributed by atoms with Crippen LogP contribution in [-0.2, 0) is 0 Å². The summed E-state index contributed by atoms with van der Waals surface area (Å²) < 4.78 is 4.87. The van der Waals surface area contributed by atoms with Gasteiger partial charge in [-0.05, 0) is 82.6 Å². The molecule has 0 fully saturated rings. The minimum Gasteiger partial charge on any atom is -0.309 e. The highest BCUT2D eigenvalue weighted by molar-refractivity contribution is 6.26. The molecule has 270 valence electrons. The topological polar surface area (TPSA) is 35.6 Å². The number of rotatable bonds is 5. The van der Waals surface area contributed by atoms with Crippen LogP contribution in [0.3, 0.4) is 0 Å². The normalized spacial score (nSPS) is 11.8. The Morgan fingerprint density at radius 2 is 0.845 bits per heavy atom. The second kappa shape index (κ2) is 12.9. The van der Waals surface area contributed by atoms with Crippen molar-refractivity contribution in [3.05, 3.63) is 206 Å². The summed E-state index contributed by atoms with van der Waals surface area (Å²) >= 11 is 0. The first-order chi connectivity index (χ1) is 28.8. The van der Waals surface area contributed by atoms with E-state index in [2.05, 4.69) is 185 Å². The van der Waals surface area contributed by atoms with Gasteiger partial charge in [0.05, 0.1) is 44.5 Å². The highest BCUT2D eigenvalue weighted by Crippen LogP contribution is 2.44. The molecule has 4 heteroatoms. The first-order valence-corrected chi connectivity index (χ1v) is 19.8. The Balaban J connectivity index is 1.16. The molecule has 0 N–H and O–H groups in total. The van der Waals surface area contributed by atoms with Crippen LogP contribution < -0.4 is 0 Å². The number of hydrogen-bond acceptors (Lipinski definition) is 2. The molecule has 0 saturated heterocycles. The summed E-state index contributed by atoms with van der Waals surface area (Å²) in [5.74, 6) is 0. The van der Waals surface area contributed by atoms with Crippen molar-refractivity contribution in [1.82, 2.24) is 19.1 Å². The monoisotopic (exact) mass is 738 g/mol. The first kappa shape index (κ1) is 32.4. The summed E-state index contributed by atoms with van der Waals surface area (Å²) in [4.78, 5) is 10.3. The molecule has 0 amide bonds. The van der Waals surface area contributed by atoms with Crippen molar-refractivity contribution in [2.45, 2.75) is 0 Å². The minimum atomic E-state index is 0.867. The molecule has 3 aromatic heterocycles. The molecule has 0 bridgehead atoms. The fourth-order valence-electron chi connectivity index (χ4n) is 9.10. The summed E-state index contributed by atoms with van der Waals surface area (Å²) in [5.41, 5.74) is 14.9. The lowest BCUT2D eigenvalue weighted by Gasteiger charge is -2.13. The lowest BCUT2D eigenvalue weighted by molar-refractivity contribution is 1.16. The molecular weight excluding hydrogens is 705 g/mol. The quantitative estimate of drug-likeness (QED) is 0.176. The molecule has 0 aliphatic rings. The molecule has 0 radical (unpaired) electrons. The molecule has 12 aromatic rings. The lowest BCUT2D eigenvalue weighted by atomic mass is 9.98. The van der Waals surface area contributed by atoms with Gasteiger partial charge in [-0.1, -0.05) is 146 Å². The predicted molar refractivity (Wildman–Crippen MR) is 242 cm³/mol. The maximum atomic E-state index is 5.20. The number of nitrogens with zero attached hydrogens (tertiary/aromatic N) is 4. The van der Waals surface area contributed by atoms with Crippen LogP contribution in [0.25, 0.3) is 110 Å². The molecule has 12 rings (SSSR count). The van der Waals surface area contributed by atoms with Crippen molar-refractivity contribution in [2.24, 2.45) is 0 Å². The van der Waals surface area contributed by atoms with E-state index in [9.17, 15) is 0 Å². The van der Waals surface area contributed by atoms with E-state index < -0.39 is 0 Å². The van der Waals surface area contributed by atoms with E-state index in [-0.39, 0.29) is 0 Å². The Labute approximate surface area is 334 Å². The van der Waals surface area contributed by atoms with Crippen molar-refractivity contribution in [2.75, 3.05) is 0 Å². The van der Waals surface area contributed by atoms with Crippen LogP contribution >= 0.6 is 0 Å². The largest absolute Gasteiger partial charge is 0.309 e. The van der Waals surface area contributed by atoms with Gasteiger partial charge in [0.25, 0.3) is 0 Å². The van der Waals surface area contributed by atoms with E-state index >= 15 is 0 Å². The van der Waals surface area contributed by atoms with E-state index in [1.807, 2.05) is 30.3 Å². The molecule has 0 aliphatic carbocycles. The Kier molecular flexibility index (Phi) is 7.20. The zero-order chi connectivity index (χ0) is 38.2. The van der Waals surface area contributed by atoms with E-state index in [0.29, 0.717) is 0 Å². The molecule has 0 atom stereocenters.